The van der Waals surface area contributed by atoms with E-state index in [9.17, 15) is 0 Å². The molecule has 0 aliphatic rings. The molecule has 2 aromatic rings. The van der Waals surface area contributed by atoms with Gasteiger partial charge in [0.1, 0.15) is 10.8 Å². The Kier molecular flexibility index (Phi) is 3.89. The highest BCUT2D eigenvalue weighted by atomic mass is 32.1. The standard InChI is InChI=1S/C14H15N3S/c1-2-10-3-6-12(7-4-10)17-13-8-5-11(9-16-13)14(15)18/h3-9H,2H2,1H3,(H2,15,18)(H,16,17). The van der Waals surface area contributed by atoms with Gasteiger partial charge in [-0.05, 0) is 36.2 Å². The molecule has 92 valence electrons. The number of pyridine rings is 1. The van der Waals surface area contributed by atoms with Crippen molar-refractivity contribution < 1.29 is 0 Å². The second kappa shape index (κ2) is 5.60. The van der Waals surface area contributed by atoms with Crippen LogP contribution in [-0.2, 0) is 6.42 Å². The van der Waals surface area contributed by atoms with Crippen LogP contribution in [0.5, 0.6) is 0 Å². The summed E-state index contributed by atoms with van der Waals surface area (Å²) in [4.78, 5) is 4.62. The van der Waals surface area contributed by atoms with Gasteiger partial charge in [-0.25, -0.2) is 4.98 Å². The quantitative estimate of drug-likeness (QED) is 0.827. The number of aryl methyl sites for hydroxylation is 1. The minimum atomic E-state index is 0.362. The first-order chi connectivity index (χ1) is 8.69. The van der Waals surface area contributed by atoms with Crippen molar-refractivity contribution in [1.82, 2.24) is 4.98 Å². The fraction of sp³-hybridized carbons (Fsp3) is 0.143. The zero-order valence-electron chi connectivity index (χ0n) is 10.2. The molecule has 1 heterocycles. The summed E-state index contributed by atoms with van der Waals surface area (Å²) in [6, 6.07) is 12.0. The number of nitrogens with one attached hydrogen (secondary N) is 1. The van der Waals surface area contributed by atoms with Crippen LogP contribution in [0.15, 0.2) is 42.6 Å². The van der Waals surface area contributed by atoms with Gasteiger partial charge in [0.15, 0.2) is 0 Å². The maximum absolute atomic E-state index is 5.52. The molecule has 0 bridgehead atoms. The van der Waals surface area contributed by atoms with E-state index in [4.69, 9.17) is 18.0 Å². The number of benzene rings is 1. The lowest BCUT2D eigenvalue weighted by atomic mass is 10.1. The van der Waals surface area contributed by atoms with Crippen molar-refractivity contribution in [1.29, 1.82) is 0 Å². The molecule has 0 fully saturated rings. The maximum atomic E-state index is 5.52. The van der Waals surface area contributed by atoms with Crippen LogP contribution in [-0.4, -0.2) is 9.97 Å². The minimum Gasteiger partial charge on any atom is -0.389 e. The van der Waals surface area contributed by atoms with Gasteiger partial charge in [0, 0.05) is 17.4 Å². The predicted octanol–water partition coefficient (Wildman–Crippen LogP) is 3.02. The molecule has 4 heteroatoms. The molecule has 3 nitrogen and oxygen atoms in total. The monoisotopic (exact) mass is 257 g/mol. The Hall–Kier alpha value is -1.94. The third-order valence-electron chi connectivity index (χ3n) is 2.68. The van der Waals surface area contributed by atoms with Crippen molar-refractivity contribution in [3.8, 4) is 0 Å². The Bertz CT molecular complexity index is 532. The molecule has 0 saturated heterocycles. The summed E-state index contributed by atoms with van der Waals surface area (Å²) < 4.78 is 0. The Morgan fingerprint density at radius 2 is 1.94 bits per heavy atom. The predicted molar refractivity (Wildman–Crippen MR) is 79.2 cm³/mol. The Balaban J connectivity index is 2.10. The van der Waals surface area contributed by atoms with Gasteiger partial charge in [-0.3, -0.25) is 0 Å². The van der Waals surface area contributed by atoms with Crippen LogP contribution in [0.1, 0.15) is 18.1 Å². The van der Waals surface area contributed by atoms with E-state index >= 15 is 0 Å². The van der Waals surface area contributed by atoms with Crippen molar-refractivity contribution >= 4 is 28.7 Å². The van der Waals surface area contributed by atoms with Crippen molar-refractivity contribution in [2.75, 3.05) is 5.32 Å². The number of nitrogens with two attached hydrogens (primary N) is 1. The van der Waals surface area contributed by atoms with E-state index in [2.05, 4.69) is 29.4 Å². The Morgan fingerprint density at radius 3 is 2.44 bits per heavy atom. The van der Waals surface area contributed by atoms with Crippen molar-refractivity contribution in [3.05, 3.63) is 53.7 Å². The molecular weight excluding hydrogens is 242 g/mol. The molecule has 0 atom stereocenters. The van der Waals surface area contributed by atoms with Crippen molar-refractivity contribution in [2.24, 2.45) is 5.73 Å². The Labute approximate surface area is 112 Å². The molecule has 1 aromatic carbocycles. The minimum absolute atomic E-state index is 0.362. The Morgan fingerprint density at radius 1 is 1.22 bits per heavy atom. The normalized spacial score (nSPS) is 10.1. The molecule has 0 saturated carbocycles. The number of aromatic nitrogens is 1. The summed E-state index contributed by atoms with van der Waals surface area (Å²) >= 11 is 4.88. The smallest absolute Gasteiger partial charge is 0.130 e. The second-order valence-corrected chi connectivity index (χ2v) is 4.41. The molecule has 0 aliphatic carbocycles. The molecule has 0 aliphatic heterocycles. The lowest BCUT2D eigenvalue weighted by Crippen LogP contribution is -2.09. The zero-order chi connectivity index (χ0) is 13.0. The molecule has 0 spiro atoms. The molecule has 18 heavy (non-hydrogen) atoms. The van der Waals surface area contributed by atoms with Crippen LogP contribution < -0.4 is 11.1 Å². The SMILES string of the molecule is CCc1ccc(Nc2ccc(C(N)=S)cn2)cc1. The molecule has 0 unspecified atom stereocenters. The fourth-order valence-corrected chi connectivity index (χ4v) is 1.71. The highest BCUT2D eigenvalue weighted by Gasteiger charge is 1.99. The van der Waals surface area contributed by atoms with Gasteiger partial charge in [-0.2, -0.15) is 0 Å². The number of anilines is 2. The number of hydrogen-bond donors (Lipinski definition) is 2. The first-order valence-corrected chi connectivity index (χ1v) is 6.21. The first kappa shape index (κ1) is 12.5. The summed E-state index contributed by atoms with van der Waals surface area (Å²) in [5, 5.41) is 3.23. The molecule has 0 radical (unpaired) electrons. The largest absolute Gasteiger partial charge is 0.389 e. The maximum Gasteiger partial charge on any atom is 0.130 e. The van der Waals surface area contributed by atoms with Crippen LogP contribution in [0.25, 0.3) is 0 Å². The van der Waals surface area contributed by atoms with Crippen LogP contribution in [0, 0.1) is 0 Å². The van der Waals surface area contributed by atoms with Gasteiger partial charge in [0.2, 0.25) is 0 Å². The lowest BCUT2D eigenvalue weighted by molar-refractivity contribution is 1.14. The third-order valence-corrected chi connectivity index (χ3v) is 2.92. The highest BCUT2D eigenvalue weighted by molar-refractivity contribution is 7.80. The topological polar surface area (TPSA) is 50.9 Å². The van der Waals surface area contributed by atoms with Crippen molar-refractivity contribution in [2.45, 2.75) is 13.3 Å². The third kappa shape index (κ3) is 3.05. The van der Waals surface area contributed by atoms with E-state index in [0.717, 1.165) is 23.5 Å². The van der Waals surface area contributed by atoms with Crippen LogP contribution in [0.2, 0.25) is 0 Å². The van der Waals surface area contributed by atoms with Crippen LogP contribution >= 0.6 is 12.2 Å². The van der Waals surface area contributed by atoms with Crippen molar-refractivity contribution in [3.63, 3.8) is 0 Å². The molecule has 0 amide bonds. The van der Waals surface area contributed by atoms with E-state index in [1.54, 1.807) is 6.20 Å². The van der Waals surface area contributed by atoms with E-state index in [-0.39, 0.29) is 0 Å². The van der Waals surface area contributed by atoms with E-state index in [0.29, 0.717) is 4.99 Å². The molecule has 3 N–H and O–H groups in total. The van der Waals surface area contributed by atoms with E-state index in [1.807, 2.05) is 24.3 Å². The van der Waals surface area contributed by atoms with Gasteiger partial charge in [-0.15, -0.1) is 0 Å². The van der Waals surface area contributed by atoms with Gasteiger partial charge < -0.3 is 11.1 Å². The second-order valence-electron chi connectivity index (χ2n) is 3.97. The average molecular weight is 257 g/mol. The van der Waals surface area contributed by atoms with Gasteiger partial charge in [-0.1, -0.05) is 31.3 Å². The average Bonchev–Trinajstić information content (AvgIpc) is 2.40. The zero-order valence-corrected chi connectivity index (χ0v) is 11.0. The summed E-state index contributed by atoms with van der Waals surface area (Å²) in [6.07, 6.45) is 2.71. The van der Waals surface area contributed by atoms with Gasteiger partial charge in [0.25, 0.3) is 0 Å². The van der Waals surface area contributed by atoms with Gasteiger partial charge in [0.05, 0.1) is 0 Å². The number of thiocarbonyl (C=S) groups is 1. The number of nitrogens with zero attached hydrogens (tertiary/aromatic N) is 1. The number of rotatable bonds is 4. The van der Waals surface area contributed by atoms with E-state index in [1.165, 1.54) is 5.56 Å². The highest BCUT2D eigenvalue weighted by Crippen LogP contribution is 2.15. The molecule has 2 rings (SSSR count). The van der Waals surface area contributed by atoms with Crippen LogP contribution in [0.3, 0.4) is 0 Å². The summed E-state index contributed by atoms with van der Waals surface area (Å²) in [6.45, 7) is 2.14. The molecule has 1 aromatic heterocycles. The lowest BCUT2D eigenvalue weighted by Gasteiger charge is -2.07. The summed E-state index contributed by atoms with van der Waals surface area (Å²) in [5.41, 5.74) is 8.63. The first-order valence-electron chi connectivity index (χ1n) is 5.81. The van der Waals surface area contributed by atoms with E-state index < -0.39 is 0 Å². The van der Waals surface area contributed by atoms with Crippen LogP contribution in [0.4, 0.5) is 11.5 Å². The van der Waals surface area contributed by atoms with Gasteiger partial charge >= 0.3 is 0 Å². The summed E-state index contributed by atoms with van der Waals surface area (Å²) in [7, 11) is 0. The fourth-order valence-electron chi connectivity index (χ4n) is 1.59. The number of hydrogen-bond acceptors (Lipinski definition) is 3. The molecular formula is C14H15N3S. The summed E-state index contributed by atoms with van der Waals surface area (Å²) in [5.74, 6) is 0.777.